The summed E-state index contributed by atoms with van der Waals surface area (Å²) in [5.74, 6) is 0. The molecule has 0 saturated heterocycles. The first-order valence-electron chi connectivity index (χ1n) is 3.83. The minimum atomic E-state index is -1.01. The highest BCUT2D eigenvalue weighted by molar-refractivity contribution is 7.84. The van der Waals surface area contributed by atoms with Gasteiger partial charge in [-0.05, 0) is 6.07 Å². The second-order valence-corrected chi connectivity index (χ2v) is 4.03. The van der Waals surface area contributed by atoms with E-state index < -0.39 is 10.8 Å². The van der Waals surface area contributed by atoms with Crippen molar-refractivity contribution in [3.8, 4) is 0 Å². The number of aromatic nitrogens is 2. The second kappa shape index (κ2) is 3.22. The summed E-state index contributed by atoms with van der Waals surface area (Å²) in [6.07, 6.45) is 3.20. The van der Waals surface area contributed by atoms with Gasteiger partial charge in [-0.2, -0.15) is 10.2 Å². The van der Waals surface area contributed by atoms with Crippen molar-refractivity contribution in [3.05, 3.63) is 30.5 Å². The Morgan fingerprint density at radius 2 is 2.08 bits per heavy atom. The van der Waals surface area contributed by atoms with E-state index >= 15 is 0 Å². The summed E-state index contributed by atoms with van der Waals surface area (Å²) in [5.41, 5.74) is 0.787. The molecule has 1 aromatic heterocycles. The lowest BCUT2D eigenvalue weighted by molar-refractivity contribution is 0.687. The fourth-order valence-electron chi connectivity index (χ4n) is 1.21. The molecular formula is C9H8N2OS. The third kappa shape index (κ3) is 1.45. The highest BCUT2D eigenvalue weighted by atomic mass is 32.2. The minimum absolute atomic E-state index is 0.741. The number of hydrogen-bond donors (Lipinski definition) is 0. The molecule has 1 heterocycles. The monoisotopic (exact) mass is 192 g/mol. The summed E-state index contributed by atoms with van der Waals surface area (Å²) in [6, 6.07) is 7.55. The number of fused-ring (bicyclic) bond motifs is 1. The first-order chi connectivity index (χ1) is 6.29. The molecule has 0 amide bonds. The molecule has 0 aliphatic heterocycles. The molecule has 2 rings (SSSR count). The quantitative estimate of drug-likeness (QED) is 0.685. The first kappa shape index (κ1) is 8.31. The first-order valence-corrected chi connectivity index (χ1v) is 5.38. The minimum Gasteiger partial charge on any atom is -0.255 e. The summed E-state index contributed by atoms with van der Waals surface area (Å²) in [5, 5.41) is 8.65. The van der Waals surface area contributed by atoms with Crippen LogP contribution in [0.25, 0.3) is 10.9 Å². The van der Waals surface area contributed by atoms with Crippen molar-refractivity contribution in [1.82, 2.24) is 10.2 Å². The van der Waals surface area contributed by atoms with E-state index in [0.29, 0.717) is 0 Å². The molecule has 0 saturated carbocycles. The average molecular weight is 192 g/mol. The SMILES string of the molecule is CS(=O)c1cnnc2ccccc12. The Morgan fingerprint density at radius 3 is 2.85 bits per heavy atom. The van der Waals surface area contributed by atoms with E-state index in [-0.39, 0.29) is 0 Å². The summed E-state index contributed by atoms with van der Waals surface area (Å²) in [7, 11) is -1.01. The van der Waals surface area contributed by atoms with Crippen LogP contribution in [0.3, 0.4) is 0 Å². The van der Waals surface area contributed by atoms with Crippen molar-refractivity contribution in [3.63, 3.8) is 0 Å². The number of benzene rings is 1. The Kier molecular flexibility index (Phi) is 2.06. The molecule has 0 aliphatic carbocycles. The van der Waals surface area contributed by atoms with Crippen molar-refractivity contribution in [2.45, 2.75) is 4.90 Å². The number of nitrogens with zero attached hydrogens (tertiary/aromatic N) is 2. The third-order valence-corrected chi connectivity index (χ3v) is 2.76. The van der Waals surface area contributed by atoms with Crippen LogP contribution in [0.2, 0.25) is 0 Å². The van der Waals surface area contributed by atoms with Gasteiger partial charge in [0.2, 0.25) is 0 Å². The summed E-state index contributed by atoms with van der Waals surface area (Å²) in [6.45, 7) is 0. The van der Waals surface area contributed by atoms with Crippen LogP contribution < -0.4 is 0 Å². The van der Waals surface area contributed by atoms with Crippen LogP contribution in [0.1, 0.15) is 0 Å². The van der Waals surface area contributed by atoms with Crippen molar-refractivity contribution in [2.24, 2.45) is 0 Å². The van der Waals surface area contributed by atoms with Crippen LogP contribution in [0.4, 0.5) is 0 Å². The van der Waals surface area contributed by atoms with Gasteiger partial charge in [-0.15, -0.1) is 0 Å². The van der Waals surface area contributed by atoms with Crippen LogP contribution >= 0.6 is 0 Å². The molecule has 13 heavy (non-hydrogen) atoms. The zero-order valence-electron chi connectivity index (χ0n) is 7.10. The van der Waals surface area contributed by atoms with Gasteiger partial charge in [0.05, 0.1) is 27.4 Å². The summed E-state index contributed by atoms with van der Waals surface area (Å²) in [4.78, 5) is 0.741. The highest BCUT2D eigenvalue weighted by Gasteiger charge is 2.04. The summed E-state index contributed by atoms with van der Waals surface area (Å²) < 4.78 is 11.3. The Morgan fingerprint density at radius 1 is 1.31 bits per heavy atom. The predicted molar refractivity (Wildman–Crippen MR) is 51.9 cm³/mol. The summed E-state index contributed by atoms with van der Waals surface area (Å²) >= 11 is 0. The molecule has 0 aliphatic rings. The molecule has 1 aromatic carbocycles. The largest absolute Gasteiger partial charge is 0.255 e. The molecule has 0 N–H and O–H groups in total. The second-order valence-electron chi connectivity index (χ2n) is 2.68. The Balaban J connectivity index is 2.83. The van der Waals surface area contributed by atoms with Gasteiger partial charge in [-0.25, -0.2) is 0 Å². The molecule has 2 aromatic rings. The van der Waals surface area contributed by atoms with Crippen LogP contribution in [0.15, 0.2) is 35.4 Å². The predicted octanol–water partition coefficient (Wildman–Crippen LogP) is 1.37. The van der Waals surface area contributed by atoms with E-state index in [1.54, 1.807) is 12.5 Å². The van der Waals surface area contributed by atoms with Gasteiger partial charge in [0.25, 0.3) is 0 Å². The average Bonchev–Trinajstić information content (AvgIpc) is 2.17. The maximum atomic E-state index is 11.3. The van der Waals surface area contributed by atoms with Crippen molar-refractivity contribution in [1.29, 1.82) is 0 Å². The van der Waals surface area contributed by atoms with Gasteiger partial charge in [-0.3, -0.25) is 4.21 Å². The number of hydrogen-bond acceptors (Lipinski definition) is 3. The Hall–Kier alpha value is -1.29. The standard InChI is InChI=1S/C9H8N2OS/c1-13(12)9-6-10-11-8-5-3-2-4-7(8)9/h2-6H,1H3. The molecule has 0 fully saturated rings. The van der Waals surface area contributed by atoms with E-state index in [2.05, 4.69) is 10.2 Å². The topological polar surface area (TPSA) is 42.9 Å². The van der Waals surface area contributed by atoms with Gasteiger partial charge in [0, 0.05) is 11.6 Å². The lowest BCUT2D eigenvalue weighted by atomic mass is 10.2. The Bertz CT molecular complexity index is 465. The molecule has 66 valence electrons. The van der Waals surface area contributed by atoms with Crippen LogP contribution in [-0.4, -0.2) is 20.7 Å². The van der Waals surface area contributed by atoms with Gasteiger partial charge < -0.3 is 0 Å². The van der Waals surface area contributed by atoms with E-state index in [1.807, 2.05) is 24.3 Å². The molecule has 0 bridgehead atoms. The molecule has 1 unspecified atom stereocenters. The van der Waals surface area contributed by atoms with Gasteiger partial charge >= 0.3 is 0 Å². The fourth-order valence-corrected chi connectivity index (χ4v) is 1.89. The maximum absolute atomic E-state index is 11.3. The molecule has 3 nitrogen and oxygen atoms in total. The lowest BCUT2D eigenvalue weighted by Gasteiger charge is -1.99. The Labute approximate surface area is 78.3 Å². The van der Waals surface area contributed by atoms with Gasteiger partial charge in [0.1, 0.15) is 0 Å². The van der Waals surface area contributed by atoms with Gasteiger partial charge in [-0.1, -0.05) is 18.2 Å². The van der Waals surface area contributed by atoms with Crippen LogP contribution in [0, 0.1) is 0 Å². The molecule has 0 spiro atoms. The molecule has 0 radical (unpaired) electrons. The maximum Gasteiger partial charge on any atom is 0.0941 e. The highest BCUT2D eigenvalue weighted by Crippen LogP contribution is 2.16. The van der Waals surface area contributed by atoms with E-state index in [4.69, 9.17) is 0 Å². The van der Waals surface area contributed by atoms with E-state index in [0.717, 1.165) is 15.8 Å². The van der Waals surface area contributed by atoms with Crippen molar-refractivity contribution in [2.75, 3.05) is 6.26 Å². The van der Waals surface area contributed by atoms with E-state index in [1.165, 1.54) is 0 Å². The fraction of sp³-hybridized carbons (Fsp3) is 0.111. The smallest absolute Gasteiger partial charge is 0.0941 e. The van der Waals surface area contributed by atoms with Crippen LogP contribution in [0.5, 0.6) is 0 Å². The van der Waals surface area contributed by atoms with Gasteiger partial charge in [0.15, 0.2) is 0 Å². The number of rotatable bonds is 1. The van der Waals surface area contributed by atoms with E-state index in [9.17, 15) is 4.21 Å². The zero-order valence-corrected chi connectivity index (χ0v) is 7.91. The van der Waals surface area contributed by atoms with Crippen molar-refractivity contribution < 1.29 is 4.21 Å². The zero-order chi connectivity index (χ0) is 9.26. The lowest BCUT2D eigenvalue weighted by Crippen LogP contribution is -1.93. The molecule has 4 heteroatoms. The molecular weight excluding hydrogens is 184 g/mol. The normalized spacial score (nSPS) is 13.0. The molecule has 1 atom stereocenters. The van der Waals surface area contributed by atoms with Crippen molar-refractivity contribution >= 4 is 21.7 Å². The van der Waals surface area contributed by atoms with Crippen LogP contribution in [-0.2, 0) is 10.8 Å². The third-order valence-electron chi connectivity index (χ3n) is 1.82.